The Morgan fingerprint density at radius 3 is 2.44 bits per heavy atom. The van der Waals surface area contributed by atoms with E-state index in [4.69, 9.17) is 0 Å². The van der Waals surface area contributed by atoms with E-state index in [1.54, 1.807) is 12.3 Å². The number of rotatable bonds is 12. The number of unbranched alkanes of at least 4 members (excludes halogenated alkanes) is 4. The molecule has 0 spiro atoms. The van der Waals surface area contributed by atoms with Gasteiger partial charge in [0.15, 0.2) is 11.5 Å². The van der Waals surface area contributed by atoms with Crippen molar-refractivity contribution in [1.82, 2.24) is 10.2 Å². The quantitative estimate of drug-likeness (QED) is 0.296. The number of likely N-dealkylation sites (tertiary alicyclic amines) is 1. The van der Waals surface area contributed by atoms with Gasteiger partial charge in [-0.3, -0.25) is 4.79 Å². The first-order valence-electron chi connectivity index (χ1n) is 12.1. The average molecular weight is 487 g/mol. The molecule has 0 bridgehead atoms. The van der Waals surface area contributed by atoms with Crippen molar-refractivity contribution >= 4 is 5.91 Å². The lowest BCUT2D eigenvalue weighted by Gasteiger charge is -2.32. The summed E-state index contributed by atoms with van der Waals surface area (Å²) in [6, 6.07) is 4.12. The average Bonchev–Trinajstić information content (AvgIpc) is 3.27. The van der Waals surface area contributed by atoms with Gasteiger partial charge in [0.25, 0.3) is 0 Å². The number of alkyl halides is 4. The minimum atomic E-state index is -4.74. The number of carbonyl (C=O) groups excluding carboxylic acids is 1. The molecule has 0 aliphatic carbocycles. The van der Waals surface area contributed by atoms with Gasteiger partial charge in [-0.15, -0.1) is 0 Å². The number of nitrogens with one attached hydrogen (secondary N) is 1. The van der Waals surface area contributed by atoms with Crippen LogP contribution in [-0.2, 0) is 11.2 Å². The van der Waals surface area contributed by atoms with Crippen LogP contribution in [0.25, 0.3) is 0 Å². The molecule has 1 unspecified atom stereocenters. The largest absolute Gasteiger partial charge is 0.507 e. The van der Waals surface area contributed by atoms with Crippen molar-refractivity contribution in [2.24, 2.45) is 5.92 Å². The summed E-state index contributed by atoms with van der Waals surface area (Å²) >= 11 is 0. The summed E-state index contributed by atoms with van der Waals surface area (Å²) in [7, 11) is 0. The van der Waals surface area contributed by atoms with Crippen molar-refractivity contribution in [3.05, 3.63) is 36.0 Å². The van der Waals surface area contributed by atoms with Crippen molar-refractivity contribution in [3.8, 4) is 11.5 Å². The molecule has 2 aliphatic rings. The fourth-order valence-corrected chi connectivity index (χ4v) is 4.27. The molecule has 2 heterocycles. The predicted molar refractivity (Wildman–Crippen MR) is 121 cm³/mol. The first-order chi connectivity index (χ1) is 16.2. The Kier molecular flexibility index (Phi) is 9.22. The zero-order valence-corrected chi connectivity index (χ0v) is 19.6. The molecule has 5 nitrogen and oxygen atoms in total. The normalized spacial score (nSPS) is 19.9. The highest BCUT2D eigenvalue weighted by Crippen LogP contribution is 2.47. The first kappa shape index (κ1) is 26.3. The Hall–Kier alpha value is -2.29. The van der Waals surface area contributed by atoms with Gasteiger partial charge in [-0.2, -0.15) is 17.6 Å². The van der Waals surface area contributed by atoms with Crippen molar-refractivity contribution in [3.63, 3.8) is 0 Å². The molecule has 9 heteroatoms. The number of fused-ring (bicyclic) bond motifs is 1. The van der Waals surface area contributed by atoms with Crippen LogP contribution in [0.2, 0.25) is 0 Å². The first-order valence-corrected chi connectivity index (χ1v) is 12.1. The number of benzene rings is 1. The van der Waals surface area contributed by atoms with Crippen LogP contribution in [0.3, 0.4) is 0 Å². The van der Waals surface area contributed by atoms with Gasteiger partial charge in [0, 0.05) is 19.2 Å². The zero-order valence-electron chi connectivity index (χ0n) is 19.6. The van der Waals surface area contributed by atoms with E-state index >= 15 is 0 Å². The molecule has 34 heavy (non-hydrogen) atoms. The zero-order chi connectivity index (χ0) is 24.6. The predicted octanol–water partition coefficient (Wildman–Crippen LogP) is 5.89. The van der Waals surface area contributed by atoms with E-state index in [9.17, 15) is 22.4 Å². The SMILES string of the molecule is CCCCCCCC(=O)N/C=C/C(Cc1ccc2c(c1)OC(F)(F)C(F)(F)O2)CN1CCCC1. The van der Waals surface area contributed by atoms with Crippen LogP contribution in [0, 0.1) is 5.92 Å². The fourth-order valence-electron chi connectivity index (χ4n) is 4.27. The molecule has 190 valence electrons. The lowest BCUT2D eigenvalue weighted by Crippen LogP contribution is -2.52. The van der Waals surface area contributed by atoms with Crippen LogP contribution in [0.15, 0.2) is 30.5 Å². The van der Waals surface area contributed by atoms with Crippen LogP contribution < -0.4 is 14.8 Å². The third-order valence-corrected chi connectivity index (χ3v) is 6.13. The summed E-state index contributed by atoms with van der Waals surface area (Å²) in [5.74, 6) is -0.867. The number of hydrogen-bond acceptors (Lipinski definition) is 4. The van der Waals surface area contributed by atoms with Crippen molar-refractivity contribution in [2.45, 2.75) is 76.9 Å². The molecular weight excluding hydrogens is 452 g/mol. The third kappa shape index (κ3) is 7.35. The Bertz CT molecular complexity index is 841. The summed E-state index contributed by atoms with van der Waals surface area (Å²) in [5.41, 5.74) is 0.652. The molecule has 1 fully saturated rings. The standard InChI is InChI=1S/C25H34F4N2O3/c1-2-3-4-5-6-9-23(32)30-13-12-20(18-31-14-7-8-15-31)16-19-10-11-21-22(17-19)34-25(28,29)24(26,27)33-21/h10-13,17,20H,2-9,14-16,18H2,1H3,(H,30,32)/b13-12+. The molecule has 0 radical (unpaired) electrons. The van der Waals surface area contributed by atoms with E-state index in [1.807, 2.05) is 6.08 Å². The fraction of sp³-hybridized carbons (Fsp3) is 0.640. The van der Waals surface area contributed by atoms with Gasteiger partial charge in [0.05, 0.1) is 0 Å². The number of amides is 1. The number of halogens is 4. The smallest absolute Gasteiger partial charge is 0.421 e. The molecule has 1 amide bonds. The molecule has 0 saturated carbocycles. The second-order valence-corrected chi connectivity index (χ2v) is 9.08. The summed E-state index contributed by atoms with van der Waals surface area (Å²) < 4.78 is 62.3. The second kappa shape index (κ2) is 11.9. The highest BCUT2D eigenvalue weighted by atomic mass is 19.3. The van der Waals surface area contributed by atoms with E-state index in [0.29, 0.717) is 18.4 Å². The van der Waals surface area contributed by atoms with E-state index in [1.165, 1.54) is 18.6 Å². The van der Waals surface area contributed by atoms with E-state index in [0.717, 1.165) is 58.2 Å². The molecule has 3 rings (SSSR count). The minimum absolute atomic E-state index is 0.00698. The summed E-state index contributed by atoms with van der Waals surface area (Å²) in [4.78, 5) is 14.4. The molecule has 2 aliphatic heterocycles. The molecule has 1 atom stereocenters. The highest BCUT2D eigenvalue weighted by Gasteiger charge is 2.65. The number of carbonyl (C=O) groups is 1. The summed E-state index contributed by atoms with van der Waals surface area (Å²) in [6.07, 6.45) is 2.67. The van der Waals surface area contributed by atoms with Crippen LogP contribution in [0.1, 0.15) is 63.9 Å². The lowest BCUT2D eigenvalue weighted by molar-refractivity contribution is -0.391. The maximum absolute atomic E-state index is 13.6. The van der Waals surface area contributed by atoms with Crippen LogP contribution in [-0.4, -0.2) is 42.7 Å². The summed E-state index contributed by atoms with van der Waals surface area (Å²) in [6.45, 7) is 4.86. The van der Waals surface area contributed by atoms with Gasteiger partial charge >= 0.3 is 12.2 Å². The number of nitrogens with zero attached hydrogens (tertiary/aromatic N) is 1. The number of hydrogen-bond donors (Lipinski definition) is 1. The number of ether oxygens (including phenoxy) is 2. The molecule has 0 aromatic heterocycles. The van der Waals surface area contributed by atoms with Crippen molar-refractivity contribution in [1.29, 1.82) is 0 Å². The van der Waals surface area contributed by atoms with Crippen LogP contribution >= 0.6 is 0 Å². The Morgan fingerprint density at radius 1 is 1.06 bits per heavy atom. The molecular formula is C25H34F4N2O3. The van der Waals surface area contributed by atoms with E-state index in [-0.39, 0.29) is 11.8 Å². The van der Waals surface area contributed by atoms with Crippen molar-refractivity contribution in [2.75, 3.05) is 19.6 Å². The molecule has 1 N–H and O–H groups in total. The van der Waals surface area contributed by atoms with E-state index < -0.39 is 23.7 Å². The van der Waals surface area contributed by atoms with Gasteiger partial charge in [0.1, 0.15) is 0 Å². The maximum Gasteiger partial charge on any atom is 0.507 e. The second-order valence-electron chi connectivity index (χ2n) is 9.08. The third-order valence-electron chi connectivity index (χ3n) is 6.13. The molecule has 1 aromatic rings. The minimum Gasteiger partial charge on any atom is -0.421 e. The van der Waals surface area contributed by atoms with Gasteiger partial charge in [-0.05, 0) is 62.4 Å². The topological polar surface area (TPSA) is 50.8 Å². The Labute approximate surface area is 198 Å². The monoisotopic (exact) mass is 486 g/mol. The molecule has 1 saturated heterocycles. The molecule has 1 aromatic carbocycles. The Balaban J connectivity index is 1.60. The van der Waals surface area contributed by atoms with Gasteiger partial charge in [-0.1, -0.05) is 44.7 Å². The van der Waals surface area contributed by atoms with Gasteiger partial charge in [0.2, 0.25) is 5.91 Å². The van der Waals surface area contributed by atoms with Gasteiger partial charge in [-0.25, -0.2) is 0 Å². The van der Waals surface area contributed by atoms with Crippen LogP contribution in [0.5, 0.6) is 11.5 Å². The highest BCUT2D eigenvalue weighted by molar-refractivity contribution is 5.76. The van der Waals surface area contributed by atoms with Crippen LogP contribution in [0.4, 0.5) is 17.6 Å². The lowest BCUT2D eigenvalue weighted by atomic mass is 9.98. The van der Waals surface area contributed by atoms with Gasteiger partial charge < -0.3 is 19.7 Å². The van der Waals surface area contributed by atoms with Crippen molar-refractivity contribution < 1.29 is 31.8 Å². The maximum atomic E-state index is 13.6. The van der Waals surface area contributed by atoms with E-state index in [2.05, 4.69) is 26.6 Å². The Morgan fingerprint density at radius 2 is 1.74 bits per heavy atom. The summed E-state index contributed by atoms with van der Waals surface area (Å²) in [5, 5.41) is 2.82.